The molecule has 4 aliphatic rings. The Labute approximate surface area is 99.7 Å². The van der Waals surface area contributed by atoms with Gasteiger partial charge in [0.25, 0.3) is 0 Å². The van der Waals surface area contributed by atoms with Gasteiger partial charge in [-0.1, -0.05) is 12.2 Å². The summed E-state index contributed by atoms with van der Waals surface area (Å²) in [5.41, 5.74) is 0. The normalized spacial score (nSPS) is 47.8. The van der Waals surface area contributed by atoms with Crippen LogP contribution in [0.5, 0.6) is 0 Å². The first-order chi connectivity index (χ1) is 7.81. The van der Waals surface area contributed by atoms with Crippen LogP contribution in [0, 0.1) is 29.6 Å². The van der Waals surface area contributed by atoms with Gasteiger partial charge >= 0.3 is 0 Å². The van der Waals surface area contributed by atoms with E-state index < -0.39 is 0 Å². The standard InChI is InChI=1S/C15H25N/c1-3-4-14(16-2)15-12-6-10-5-11(8-12)9-13(15)7-10/h3-4,10-16H,5-9H2,1-2H3/b4-3+. The van der Waals surface area contributed by atoms with E-state index in [1.54, 1.807) is 6.42 Å². The molecule has 0 spiro atoms. The second-order valence-corrected chi connectivity index (χ2v) is 6.35. The first-order valence-electron chi connectivity index (χ1n) is 7.12. The molecule has 0 aromatic heterocycles. The van der Waals surface area contributed by atoms with Gasteiger partial charge in [0.2, 0.25) is 0 Å². The highest BCUT2D eigenvalue weighted by Gasteiger charge is 2.49. The summed E-state index contributed by atoms with van der Waals surface area (Å²) in [7, 11) is 2.13. The number of nitrogens with one attached hydrogen (secondary N) is 1. The van der Waals surface area contributed by atoms with Crippen molar-refractivity contribution in [2.75, 3.05) is 7.05 Å². The van der Waals surface area contributed by atoms with Crippen LogP contribution in [0.4, 0.5) is 0 Å². The van der Waals surface area contributed by atoms with Crippen molar-refractivity contribution in [3.05, 3.63) is 12.2 Å². The maximum Gasteiger partial charge on any atom is 0.0280 e. The van der Waals surface area contributed by atoms with E-state index in [0.29, 0.717) is 6.04 Å². The monoisotopic (exact) mass is 219 g/mol. The van der Waals surface area contributed by atoms with Crippen molar-refractivity contribution in [1.29, 1.82) is 0 Å². The van der Waals surface area contributed by atoms with Gasteiger partial charge in [0, 0.05) is 6.04 Å². The molecule has 0 amide bonds. The van der Waals surface area contributed by atoms with Crippen molar-refractivity contribution in [3.63, 3.8) is 0 Å². The highest BCUT2D eigenvalue weighted by atomic mass is 14.9. The minimum atomic E-state index is 0.639. The minimum absolute atomic E-state index is 0.639. The number of hydrogen-bond acceptors (Lipinski definition) is 1. The number of rotatable bonds is 3. The molecule has 0 aliphatic heterocycles. The third-order valence-electron chi connectivity index (χ3n) is 5.45. The minimum Gasteiger partial charge on any atom is -0.313 e. The van der Waals surface area contributed by atoms with E-state index in [0.717, 1.165) is 29.6 Å². The van der Waals surface area contributed by atoms with E-state index in [1.165, 1.54) is 25.7 Å². The molecule has 0 radical (unpaired) electrons. The van der Waals surface area contributed by atoms with E-state index in [-0.39, 0.29) is 0 Å². The van der Waals surface area contributed by atoms with Gasteiger partial charge in [0.15, 0.2) is 0 Å². The van der Waals surface area contributed by atoms with Gasteiger partial charge < -0.3 is 5.32 Å². The van der Waals surface area contributed by atoms with Crippen LogP contribution >= 0.6 is 0 Å². The van der Waals surface area contributed by atoms with Crippen LogP contribution < -0.4 is 5.32 Å². The Kier molecular flexibility index (Phi) is 2.83. The molecular formula is C15H25N. The van der Waals surface area contributed by atoms with Gasteiger partial charge in [-0.2, -0.15) is 0 Å². The lowest BCUT2D eigenvalue weighted by Gasteiger charge is -2.56. The maximum atomic E-state index is 3.54. The molecule has 0 heterocycles. The predicted octanol–water partition coefficient (Wildman–Crippen LogP) is 3.22. The summed E-state index contributed by atoms with van der Waals surface area (Å²) < 4.78 is 0. The molecule has 0 aromatic rings. The Morgan fingerprint density at radius 3 is 2.00 bits per heavy atom. The summed E-state index contributed by atoms with van der Waals surface area (Å²) in [5, 5.41) is 3.54. The van der Waals surface area contributed by atoms with Crippen molar-refractivity contribution in [3.8, 4) is 0 Å². The summed E-state index contributed by atoms with van der Waals surface area (Å²) >= 11 is 0. The average molecular weight is 219 g/mol. The van der Waals surface area contributed by atoms with Crippen molar-refractivity contribution in [1.82, 2.24) is 5.32 Å². The summed E-state index contributed by atoms with van der Waals surface area (Å²) in [6.07, 6.45) is 12.3. The molecular weight excluding hydrogens is 194 g/mol. The second kappa shape index (κ2) is 4.18. The molecule has 4 aliphatic carbocycles. The van der Waals surface area contributed by atoms with Gasteiger partial charge in [-0.25, -0.2) is 0 Å². The van der Waals surface area contributed by atoms with Crippen LogP contribution in [0.25, 0.3) is 0 Å². The van der Waals surface area contributed by atoms with Gasteiger partial charge in [0.05, 0.1) is 0 Å². The first kappa shape index (κ1) is 10.8. The lowest BCUT2D eigenvalue weighted by Crippen LogP contribution is -2.51. The maximum absolute atomic E-state index is 3.54. The molecule has 1 atom stereocenters. The molecule has 1 heteroatoms. The van der Waals surface area contributed by atoms with Crippen LogP contribution in [0.3, 0.4) is 0 Å². The van der Waals surface area contributed by atoms with Crippen LogP contribution in [0.2, 0.25) is 0 Å². The quantitative estimate of drug-likeness (QED) is 0.719. The molecule has 1 N–H and O–H groups in total. The Morgan fingerprint density at radius 2 is 1.56 bits per heavy atom. The van der Waals surface area contributed by atoms with E-state index in [1.807, 2.05) is 0 Å². The molecule has 4 fully saturated rings. The van der Waals surface area contributed by atoms with Crippen LogP contribution in [0.1, 0.15) is 39.0 Å². The fraction of sp³-hybridized carbons (Fsp3) is 0.867. The van der Waals surface area contributed by atoms with Crippen LogP contribution in [0.15, 0.2) is 12.2 Å². The smallest absolute Gasteiger partial charge is 0.0280 e. The fourth-order valence-corrected chi connectivity index (χ4v) is 5.18. The summed E-state index contributed by atoms with van der Waals surface area (Å²) in [6.45, 7) is 2.15. The number of hydrogen-bond donors (Lipinski definition) is 1. The van der Waals surface area contributed by atoms with Crippen LogP contribution in [-0.4, -0.2) is 13.1 Å². The van der Waals surface area contributed by atoms with Gasteiger partial charge in [-0.05, 0) is 75.7 Å². The molecule has 90 valence electrons. The van der Waals surface area contributed by atoms with E-state index in [4.69, 9.17) is 0 Å². The third-order valence-corrected chi connectivity index (χ3v) is 5.45. The molecule has 1 unspecified atom stereocenters. The first-order valence-corrected chi connectivity index (χ1v) is 7.12. The topological polar surface area (TPSA) is 12.0 Å². The highest BCUT2D eigenvalue weighted by Crippen LogP contribution is 2.57. The summed E-state index contributed by atoms with van der Waals surface area (Å²) in [6, 6.07) is 0.639. The zero-order valence-corrected chi connectivity index (χ0v) is 10.7. The van der Waals surface area contributed by atoms with Crippen molar-refractivity contribution in [2.45, 2.75) is 45.1 Å². The molecule has 1 nitrogen and oxygen atoms in total. The molecule has 4 saturated carbocycles. The highest BCUT2D eigenvalue weighted by molar-refractivity contribution is 5.06. The SMILES string of the molecule is C/C=C/C(NC)C1C2CC3CC(C2)CC1C3. The zero-order valence-electron chi connectivity index (χ0n) is 10.7. The molecule has 16 heavy (non-hydrogen) atoms. The zero-order chi connectivity index (χ0) is 11.1. The Bertz CT molecular complexity index is 253. The summed E-state index contributed by atoms with van der Waals surface area (Å²) in [5.74, 6) is 5.20. The Hall–Kier alpha value is -0.300. The lowest BCUT2D eigenvalue weighted by atomic mass is 9.50. The van der Waals surface area contributed by atoms with E-state index >= 15 is 0 Å². The molecule has 4 bridgehead atoms. The van der Waals surface area contributed by atoms with Crippen LogP contribution in [-0.2, 0) is 0 Å². The fourth-order valence-electron chi connectivity index (χ4n) is 5.18. The van der Waals surface area contributed by atoms with Crippen molar-refractivity contribution in [2.24, 2.45) is 29.6 Å². The molecule has 0 saturated heterocycles. The van der Waals surface area contributed by atoms with Crippen molar-refractivity contribution >= 4 is 0 Å². The Morgan fingerprint density at radius 1 is 1.00 bits per heavy atom. The predicted molar refractivity (Wildman–Crippen MR) is 68.2 cm³/mol. The largest absolute Gasteiger partial charge is 0.313 e. The molecule has 0 aromatic carbocycles. The van der Waals surface area contributed by atoms with Gasteiger partial charge in [0.1, 0.15) is 0 Å². The van der Waals surface area contributed by atoms with E-state index in [9.17, 15) is 0 Å². The molecule has 4 rings (SSSR count). The number of allylic oxidation sites excluding steroid dienone is 1. The summed E-state index contributed by atoms with van der Waals surface area (Å²) in [4.78, 5) is 0. The Balaban J connectivity index is 1.80. The van der Waals surface area contributed by atoms with Gasteiger partial charge in [-0.15, -0.1) is 0 Å². The lowest BCUT2D eigenvalue weighted by molar-refractivity contribution is -0.0444. The number of likely N-dealkylation sites (N-methyl/N-ethyl adjacent to an activating group) is 1. The second-order valence-electron chi connectivity index (χ2n) is 6.35. The van der Waals surface area contributed by atoms with Gasteiger partial charge in [-0.3, -0.25) is 0 Å². The third kappa shape index (κ3) is 1.64. The average Bonchev–Trinajstić information content (AvgIpc) is 2.26. The van der Waals surface area contributed by atoms with E-state index in [2.05, 4.69) is 31.4 Å². The van der Waals surface area contributed by atoms with Crippen molar-refractivity contribution < 1.29 is 0 Å².